The largest absolute Gasteiger partial charge is 0.497 e. The van der Waals surface area contributed by atoms with Gasteiger partial charge in [-0.3, -0.25) is 9.59 Å². The summed E-state index contributed by atoms with van der Waals surface area (Å²) in [4.78, 5) is 24.2. The van der Waals surface area contributed by atoms with E-state index in [-0.39, 0.29) is 11.7 Å². The van der Waals surface area contributed by atoms with Crippen LogP contribution < -0.4 is 10.1 Å². The number of rotatable bonds is 7. The number of anilines is 1. The molecule has 0 aliphatic carbocycles. The molecule has 0 aromatic heterocycles. The van der Waals surface area contributed by atoms with E-state index in [2.05, 4.69) is 12.2 Å². The van der Waals surface area contributed by atoms with Gasteiger partial charge in [0.15, 0.2) is 5.78 Å². The molecule has 0 saturated carbocycles. The van der Waals surface area contributed by atoms with Crippen molar-refractivity contribution in [1.29, 1.82) is 0 Å². The number of ether oxygens (including phenoxy) is 1. The lowest BCUT2D eigenvalue weighted by molar-refractivity contribution is -0.114. The lowest BCUT2D eigenvalue weighted by atomic mass is 9.94. The van der Waals surface area contributed by atoms with Crippen molar-refractivity contribution < 1.29 is 14.3 Å². The Hall–Kier alpha value is -2.62. The van der Waals surface area contributed by atoms with Crippen LogP contribution in [0.2, 0.25) is 0 Å². The topological polar surface area (TPSA) is 55.4 Å². The molecule has 4 heteroatoms. The third kappa shape index (κ3) is 4.44. The van der Waals surface area contributed by atoms with Gasteiger partial charge >= 0.3 is 0 Å². The minimum atomic E-state index is -0.154. The lowest BCUT2D eigenvalue weighted by Gasteiger charge is -2.12. The van der Waals surface area contributed by atoms with Gasteiger partial charge in [-0.05, 0) is 54.8 Å². The maximum atomic E-state index is 12.9. The molecule has 24 heavy (non-hydrogen) atoms. The zero-order valence-electron chi connectivity index (χ0n) is 14.4. The highest BCUT2D eigenvalue weighted by Gasteiger charge is 2.15. The van der Waals surface area contributed by atoms with E-state index in [0.717, 1.165) is 24.8 Å². The van der Waals surface area contributed by atoms with Gasteiger partial charge in [-0.2, -0.15) is 0 Å². The molecule has 0 saturated heterocycles. The lowest BCUT2D eigenvalue weighted by Crippen LogP contribution is -2.10. The molecule has 0 bridgehead atoms. The summed E-state index contributed by atoms with van der Waals surface area (Å²) in [6.45, 7) is 3.58. The Bertz CT molecular complexity index is 720. The van der Waals surface area contributed by atoms with Gasteiger partial charge in [-0.25, -0.2) is 0 Å². The Morgan fingerprint density at radius 1 is 1.08 bits per heavy atom. The van der Waals surface area contributed by atoms with E-state index in [4.69, 9.17) is 4.74 Å². The standard InChI is InChI=1S/C20H23NO3/c1-4-5-6-15-7-10-17(21-14(2)22)13-19(15)20(23)16-8-11-18(24-3)12-9-16/h7-13H,4-6H2,1-3H3,(H,21,22). The van der Waals surface area contributed by atoms with Crippen molar-refractivity contribution in [2.45, 2.75) is 33.1 Å². The number of unbranched alkanes of at least 4 members (excludes halogenated alkanes) is 1. The third-order valence-corrected chi connectivity index (χ3v) is 3.83. The minimum absolute atomic E-state index is 0.0454. The number of nitrogens with one attached hydrogen (secondary N) is 1. The van der Waals surface area contributed by atoms with E-state index in [1.165, 1.54) is 6.92 Å². The van der Waals surface area contributed by atoms with E-state index in [1.54, 1.807) is 37.4 Å². The molecule has 126 valence electrons. The number of hydrogen-bond acceptors (Lipinski definition) is 3. The Morgan fingerprint density at radius 3 is 2.38 bits per heavy atom. The summed E-state index contributed by atoms with van der Waals surface area (Å²) in [5.74, 6) is 0.514. The number of ketones is 1. The zero-order valence-corrected chi connectivity index (χ0v) is 14.4. The van der Waals surface area contributed by atoms with Gasteiger partial charge in [-0.1, -0.05) is 19.4 Å². The highest BCUT2D eigenvalue weighted by atomic mass is 16.5. The first kappa shape index (κ1) is 17.7. The van der Waals surface area contributed by atoms with E-state index < -0.39 is 0 Å². The average molecular weight is 325 g/mol. The van der Waals surface area contributed by atoms with E-state index in [1.807, 2.05) is 12.1 Å². The molecule has 0 aliphatic rings. The number of hydrogen-bond donors (Lipinski definition) is 1. The van der Waals surface area contributed by atoms with Crippen molar-refractivity contribution in [3.8, 4) is 5.75 Å². The summed E-state index contributed by atoms with van der Waals surface area (Å²) in [5, 5.41) is 2.74. The number of amides is 1. The molecule has 0 fully saturated rings. The van der Waals surface area contributed by atoms with Crippen LogP contribution in [0.15, 0.2) is 42.5 Å². The average Bonchev–Trinajstić information content (AvgIpc) is 2.59. The second-order valence-electron chi connectivity index (χ2n) is 5.71. The Kier molecular flexibility index (Phi) is 6.13. The molecule has 0 aliphatic heterocycles. The predicted molar refractivity (Wildman–Crippen MR) is 95.8 cm³/mol. The number of aryl methyl sites for hydroxylation is 1. The molecule has 2 aromatic rings. The minimum Gasteiger partial charge on any atom is -0.497 e. The summed E-state index contributed by atoms with van der Waals surface area (Å²) in [7, 11) is 1.59. The van der Waals surface area contributed by atoms with Crippen molar-refractivity contribution in [3.05, 3.63) is 59.2 Å². The summed E-state index contributed by atoms with van der Waals surface area (Å²) >= 11 is 0. The predicted octanol–water partition coefficient (Wildman–Crippen LogP) is 4.23. The van der Waals surface area contributed by atoms with Crippen LogP contribution in [0.25, 0.3) is 0 Å². The highest BCUT2D eigenvalue weighted by molar-refractivity contribution is 6.10. The third-order valence-electron chi connectivity index (χ3n) is 3.83. The molecule has 0 atom stereocenters. The van der Waals surface area contributed by atoms with Crippen LogP contribution in [0.1, 0.15) is 48.2 Å². The monoisotopic (exact) mass is 325 g/mol. The van der Waals surface area contributed by atoms with Gasteiger partial charge in [0.25, 0.3) is 0 Å². The fourth-order valence-electron chi connectivity index (χ4n) is 2.55. The van der Waals surface area contributed by atoms with Crippen LogP contribution in [-0.4, -0.2) is 18.8 Å². The highest BCUT2D eigenvalue weighted by Crippen LogP contribution is 2.22. The fourth-order valence-corrected chi connectivity index (χ4v) is 2.55. The zero-order chi connectivity index (χ0) is 17.5. The normalized spacial score (nSPS) is 10.3. The van der Waals surface area contributed by atoms with Gasteiger partial charge in [0.05, 0.1) is 7.11 Å². The van der Waals surface area contributed by atoms with Crippen LogP contribution in [0.4, 0.5) is 5.69 Å². The van der Waals surface area contributed by atoms with Crippen molar-refractivity contribution in [1.82, 2.24) is 0 Å². The summed E-state index contributed by atoms with van der Waals surface area (Å²) in [5.41, 5.74) is 2.89. The van der Waals surface area contributed by atoms with Gasteiger partial charge < -0.3 is 10.1 Å². The van der Waals surface area contributed by atoms with Crippen LogP contribution in [0.3, 0.4) is 0 Å². The number of methoxy groups -OCH3 is 1. The second-order valence-corrected chi connectivity index (χ2v) is 5.71. The molecule has 2 rings (SSSR count). The van der Waals surface area contributed by atoms with E-state index in [0.29, 0.717) is 22.6 Å². The SMILES string of the molecule is CCCCc1ccc(NC(C)=O)cc1C(=O)c1ccc(OC)cc1. The second kappa shape index (κ2) is 8.29. The maximum absolute atomic E-state index is 12.9. The molecule has 0 spiro atoms. The maximum Gasteiger partial charge on any atom is 0.221 e. The van der Waals surface area contributed by atoms with Crippen molar-refractivity contribution in [2.24, 2.45) is 0 Å². The fraction of sp³-hybridized carbons (Fsp3) is 0.300. The van der Waals surface area contributed by atoms with Gasteiger partial charge in [0, 0.05) is 23.7 Å². The summed E-state index contributed by atoms with van der Waals surface area (Å²) in [6, 6.07) is 12.6. The van der Waals surface area contributed by atoms with Crippen molar-refractivity contribution >= 4 is 17.4 Å². The molecule has 0 unspecified atom stereocenters. The number of carbonyl (C=O) groups excluding carboxylic acids is 2. The molecule has 1 amide bonds. The van der Waals surface area contributed by atoms with E-state index in [9.17, 15) is 9.59 Å². The molecule has 0 heterocycles. The summed E-state index contributed by atoms with van der Waals surface area (Å²) in [6.07, 6.45) is 2.92. The summed E-state index contributed by atoms with van der Waals surface area (Å²) < 4.78 is 5.14. The first-order valence-electron chi connectivity index (χ1n) is 8.14. The quantitative estimate of drug-likeness (QED) is 0.775. The first-order chi connectivity index (χ1) is 11.5. The Balaban J connectivity index is 2.38. The van der Waals surface area contributed by atoms with Gasteiger partial charge in [0.1, 0.15) is 5.75 Å². The molecule has 4 nitrogen and oxygen atoms in total. The van der Waals surface area contributed by atoms with Crippen LogP contribution >= 0.6 is 0 Å². The molecule has 2 aromatic carbocycles. The molecule has 1 N–H and O–H groups in total. The smallest absolute Gasteiger partial charge is 0.221 e. The molecule has 0 radical (unpaired) electrons. The number of benzene rings is 2. The van der Waals surface area contributed by atoms with E-state index >= 15 is 0 Å². The number of carbonyl (C=O) groups is 2. The van der Waals surface area contributed by atoms with Gasteiger partial charge in [0.2, 0.25) is 5.91 Å². The van der Waals surface area contributed by atoms with Crippen LogP contribution in [-0.2, 0) is 11.2 Å². The van der Waals surface area contributed by atoms with Crippen molar-refractivity contribution in [2.75, 3.05) is 12.4 Å². The van der Waals surface area contributed by atoms with Crippen LogP contribution in [0.5, 0.6) is 5.75 Å². The Morgan fingerprint density at radius 2 is 1.79 bits per heavy atom. The Labute approximate surface area is 142 Å². The molecular formula is C20H23NO3. The molecular weight excluding hydrogens is 302 g/mol. The van der Waals surface area contributed by atoms with Gasteiger partial charge in [-0.15, -0.1) is 0 Å². The van der Waals surface area contributed by atoms with Crippen molar-refractivity contribution in [3.63, 3.8) is 0 Å². The first-order valence-corrected chi connectivity index (χ1v) is 8.14. The van der Waals surface area contributed by atoms with Crippen LogP contribution in [0, 0.1) is 0 Å².